The topological polar surface area (TPSA) is 68.3 Å². The number of sulfonamides is 1. The van der Waals surface area contributed by atoms with Crippen LogP contribution >= 0.6 is 22.9 Å². The van der Waals surface area contributed by atoms with E-state index in [2.05, 4.69) is 9.71 Å². The molecule has 1 aromatic heterocycles. The van der Waals surface area contributed by atoms with Crippen molar-refractivity contribution in [3.05, 3.63) is 40.5 Å². The average molecular weight is 333 g/mol. The Bertz CT molecular complexity index is 686. The van der Waals surface area contributed by atoms with E-state index in [9.17, 15) is 8.42 Å². The highest BCUT2D eigenvalue weighted by molar-refractivity contribution is 7.94. The van der Waals surface area contributed by atoms with Crippen molar-refractivity contribution in [2.75, 3.05) is 11.3 Å². The minimum atomic E-state index is -3.67. The van der Waals surface area contributed by atoms with Crippen LogP contribution in [0.2, 0.25) is 4.47 Å². The Kier molecular flexibility index (Phi) is 4.98. The molecule has 0 saturated carbocycles. The number of nitrogens with zero attached hydrogens (tertiary/aromatic N) is 1. The van der Waals surface area contributed by atoms with Gasteiger partial charge in [-0.05, 0) is 13.0 Å². The van der Waals surface area contributed by atoms with Crippen LogP contribution in [-0.2, 0) is 21.4 Å². The second-order valence-electron chi connectivity index (χ2n) is 3.83. The zero-order valence-corrected chi connectivity index (χ0v) is 13.1. The number of nitrogens with one attached hydrogen (secondary N) is 1. The fourth-order valence-corrected chi connectivity index (χ4v) is 3.91. The van der Waals surface area contributed by atoms with Crippen LogP contribution in [0.25, 0.3) is 0 Å². The summed E-state index contributed by atoms with van der Waals surface area (Å²) in [5.74, 6) is 0. The molecule has 0 saturated heterocycles. The number of benzene rings is 1. The molecule has 5 nitrogen and oxygen atoms in total. The van der Waals surface area contributed by atoms with Gasteiger partial charge in [0, 0.05) is 12.2 Å². The van der Waals surface area contributed by atoms with E-state index in [-0.39, 0.29) is 8.68 Å². The van der Waals surface area contributed by atoms with Gasteiger partial charge in [-0.2, -0.15) is 0 Å². The lowest BCUT2D eigenvalue weighted by molar-refractivity contribution is 0.134. The van der Waals surface area contributed by atoms with Crippen LogP contribution in [-0.4, -0.2) is 20.0 Å². The number of halogens is 1. The third kappa shape index (κ3) is 3.69. The fraction of sp³-hybridized carbons (Fsp3) is 0.250. The lowest BCUT2D eigenvalue weighted by Crippen LogP contribution is -2.13. The zero-order chi connectivity index (χ0) is 14.6. The first-order valence-corrected chi connectivity index (χ1v) is 8.50. The predicted octanol–water partition coefficient (Wildman–Crippen LogP) is 3.13. The lowest BCUT2D eigenvalue weighted by Gasteiger charge is -2.11. The molecule has 0 spiro atoms. The van der Waals surface area contributed by atoms with Crippen molar-refractivity contribution in [2.45, 2.75) is 17.7 Å². The van der Waals surface area contributed by atoms with Gasteiger partial charge in [-0.3, -0.25) is 4.72 Å². The first-order chi connectivity index (χ1) is 9.53. The van der Waals surface area contributed by atoms with Gasteiger partial charge in [0.15, 0.2) is 8.68 Å². The molecule has 2 aromatic rings. The maximum Gasteiger partial charge on any atom is 0.273 e. The van der Waals surface area contributed by atoms with Crippen molar-refractivity contribution < 1.29 is 13.2 Å². The first-order valence-electron chi connectivity index (χ1n) is 5.82. The molecule has 0 radical (unpaired) electrons. The molecule has 1 heterocycles. The number of thiazole rings is 1. The Morgan fingerprint density at radius 3 is 2.80 bits per heavy atom. The third-order valence-electron chi connectivity index (χ3n) is 2.44. The fourth-order valence-electron chi connectivity index (χ4n) is 1.52. The van der Waals surface area contributed by atoms with Crippen LogP contribution in [0.5, 0.6) is 0 Å². The van der Waals surface area contributed by atoms with Crippen LogP contribution in [0.15, 0.2) is 34.7 Å². The Labute approximate surface area is 126 Å². The smallest absolute Gasteiger partial charge is 0.273 e. The minimum absolute atomic E-state index is 0.0775. The Morgan fingerprint density at radius 2 is 2.15 bits per heavy atom. The van der Waals surface area contributed by atoms with Gasteiger partial charge < -0.3 is 4.74 Å². The second kappa shape index (κ2) is 6.53. The molecule has 108 valence electrons. The molecule has 0 amide bonds. The highest BCUT2D eigenvalue weighted by Crippen LogP contribution is 2.26. The maximum atomic E-state index is 12.2. The van der Waals surface area contributed by atoms with Crippen LogP contribution in [0.1, 0.15) is 12.5 Å². The normalized spacial score (nSPS) is 11.5. The summed E-state index contributed by atoms with van der Waals surface area (Å²) in [6.07, 6.45) is 1.24. The van der Waals surface area contributed by atoms with Gasteiger partial charge in [0.05, 0.1) is 18.5 Å². The van der Waals surface area contributed by atoms with Crippen LogP contribution in [0.3, 0.4) is 0 Å². The molecular formula is C12H13ClN2O3S2. The van der Waals surface area contributed by atoms with E-state index in [4.69, 9.17) is 16.3 Å². The number of ether oxygens (including phenoxy) is 1. The summed E-state index contributed by atoms with van der Waals surface area (Å²) in [4.78, 5) is 3.74. The maximum absolute atomic E-state index is 12.2. The van der Waals surface area contributed by atoms with Crippen molar-refractivity contribution in [1.82, 2.24) is 4.98 Å². The number of aromatic nitrogens is 1. The molecule has 0 atom stereocenters. The molecule has 0 unspecified atom stereocenters. The molecule has 0 aliphatic rings. The van der Waals surface area contributed by atoms with Gasteiger partial charge in [0.2, 0.25) is 0 Å². The standard InChI is InChI=1S/C12H13ClN2O3S2/c1-2-18-8-9-5-3-4-6-10(9)15-20(16,17)11-7-14-12(13)19-11/h3-7,15H,2,8H2,1H3. The van der Waals surface area contributed by atoms with E-state index in [1.165, 1.54) is 6.20 Å². The van der Waals surface area contributed by atoms with Gasteiger partial charge >= 0.3 is 0 Å². The molecule has 1 aromatic carbocycles. The molecule has 0 aliphatic heterocycles. The minimum Gasteiger partial charge on any atom is -0.377 e. The second-order valence-corrected chi connectivity index (χ2v) is 7.35. The average Bonchev–Trinajstić information content (AvgIpc) is 2.85. The van der Waals surface area contributed by atoms with Gasteiger partial charge in [-0.25, -0.2) is 13.4 Å². The van der Waals surface area contributed by atoms with E-state index in [0.717, 1.165) is 16.9 Å². The summed E-state index contributed by atoms with van der Waals surface area (Å²) in [6, 6.07) is 7.09. The monoisotopic (exact) mass is 332 g/mol. The largest absolute Gasteiger partial charge is 0.377 e. The van der Waals surface area contributed by atoms with Crippen molar-refractivity contribution in [1.29, 1.82) is 0 Å². The van der Waals surface area contributed by atoms with Crippen LogP contribution in [0, 0.1) is 0 Å². The van der Waals surface area contributed by atoms with Crippen LogP contribution in [0.4, 0.5) is 5.69 Å². The molecule has 8 heteroatoms. The Morgan fingerprint density at radius 1 is 1.40 bits per heavy atom. The molecule has 0 fully saturated rings. The van der Waals surface area contributed by atoms with Crippen LogP contribution < -0.4 is 4.72 Å². The molecular weight excluding hydrogens is 320 g/mol. The van der Waals surface area contributed by atoms with E-state index in [1.54, 1.807) is 12.1 Å². The summed E-state index contributed by atoms with van der Waals surface area (Å²) in [5, 5.41) is 0. The SMILES string of the molecule is CCOCc1ccccc1NS(=O)(=O)c1cnc(Cl)s1. The number of anilines is 1. The van der Waals surface area contributed by atoms with E-state index >= 15 is 0 Å². The predicted molar refractivity (Wildman–Crippen MR) is 79.7 cm³/mol. The van der Waals surface area contributed by atoms with E-state index in [1.807, 2.05) is 19.1 Å². The third-order valence-corrected chi connectivity index (χ3v) is 5.39. The molecule has 20 heavy (non-hydrogen) atoms. The number of hydrogen-bond acceptors (Lipinski definition) is 5. The first kappa shape index (κ1) is 15.2. The molecule has 2 rings (SSSR count). The zero-order valence-electron chi connectivity index (χ0n) is 10.7. The molecule has 1 N–H and O–H groups in total. The Balaban J connectivity index is 2.25. The van der Waals surface area contributed by atoms with Crippen molar-refractivity contribution in [2.24, 2.45) is 0 Å². The summed E-state index contributed by atoms with van der Waals surface area (Å²) in [7, 11) is -3.67. The Hall–Kier alpha value is -1.15. The van der Waals surface area contributed by atoms with Gasteiger partial charge in [0.1, 0.15) is 0 Å². The molecule has 0 aliphatic carbocycles. The molecule has 0 bridgehead atoms. The summed E-state index contributed by atoms with van der Waals surface area (Å²) in [5.41, 5.74) is 1.26. The van der Waals surface area contributed by atoms with Gasteiger partial charge in [-0.1, -0.05) is 41.1 Å². The lowest BCUT2D eigenvalue weighted by atomic mass is 10.2. The van der Waals surface area contributed by atoms with Crippen molar-refractivity contribution in [3.63, 3.8) is 0 Å². The summed E-state index contributed by atoms with van der Waals surface area (Å²) < 4.78 is 32.5. The number of para-hydroxylation sites is 1. The number of rotatable bonds is 6. The summed E-state index contributed by atoms with van der Waals surface area (Å²) in [6.45, 7) is 2.79. The van der Waals surface area contributed by atoms with Gasteiger partial charge in [0.25, 0.3) is 10.0 Å². The highest BCUT2D eigenvalue weighted by atomic mass is 35.5. The quantitative estimate of drug-likeness (QED) is 0.882. The summed E-state index contributed by atoms with van der Waals surface area (Å²) >= 11 is 6.57. The highest BCUT2D eigenvalue weighted by Gasteiger charge is 2.18. The van der Waals surface area contributed by atoms with E-state index in [0.29, 0.717) is 18.9 Å². The van der Waals surface area contributed by atoms with E-state index < -0.39 is 10.0 Å². The van der Waals surface area contributed by atoms with Crippen molar-refractivity contribution in [3.8, 4) is 0 Å². The van der Waals surface area contributed by atoms with Gasteiger partial charge in [-0.15, -0.1) is 0 Å². The van der Waals surface area contributed by atoms with Crippen molar-refractivity contribution >= 4 is 38.6 Å². The number of hydrogen-bond donors (Lipinski definition) is 1.